The molecule has 0 bridgehead atoms. The molecule has 0 aromatic carbocycles. The van der Waals surface area contributed by atoms with Crippen molar-refractivity contribution in [3.63, 3.8) is 0 Å². The SMILES string of the molecule is C1NCC23CNCC12CN3. The summed E-state index contributed by atoms with van der Waals surface area (Å²) < 4.78 is 0. The highest BCUT2D eigenvalue weighted by Crippen LogP contribution is 2.44. The van der Waals surface area contributed by atoms with E-state index in [1.165, 1.54) is 32.7 Å². The summed E-state index contributed by atoms with van der Waals surface area (Å²) in [5.74, 6) is 0. The Kier molecular flexibility index (Phi) is 0.770. The second-order valence-electron chi connectivity index (χ2n) is 3.92. The Hall–Kier alpha value is -0.120. The molecule has 3 heterocycles. The van der Waals surface area contributed by atoms with Crippen LogP contribution in [0, 0.1) is 5.41 Å². The Bertz CT molecular complexity index is 150. The van der Waals surface area contributed by atoms with Gasteiger partial charge in [0, 0.05) is 38.1 Å². The number of nitrogens with one attached hydrogen (secondary N) is 3. The summed E-state index contributed by atoms with van der Waals surface area (Å²) in [4.78, 5) is 0. The molecule has 3 N–H and O–H groups in total. The molecule has 0 radical (unpaired) electrons. The predicted octanol–water partition coefficient (Wildman–Crippen LogP) is -1.48. The van der Waals surface area contributed by atoms with E-state index >= 15 is 0 Å². The van der Waals surface area contributed by atoms with E-state index in [-0.39, 0.29) is 0 Å². The van der Waals surface area contributed by atoms with Crippen LogP contribution in [0.5, 0.6) is 0 Å². The van der Waals surface area contributed by atoms with Crippen molar-refractivity contribution in [3.05, 3.63) is 0 Å². The van der Waals surface area contributed by atoms with Crippen molar-refractivity contribution in [1.29, 1.82) is 0 Å². The fraction of sp³-hybridized carbons (Fsp3) is 1.00. The first-order valence-corrected chi connectivity index (χ1v) is 4.04. The van der Waals surface area contributed by atoms with Crippen LogP contribution in [0.25, 0.3) is 0 Å². The van der Waals surface area contributed by atoms with Gasteiger partial charge in [-0.15, -0.1) is 0 Å². The van der Waals surface area contributed by atoms with Crippen LogP contribution in [-0.4, -0.2) is 38.3 Å². The number of rotatable bonds is 0. The lowest BCUT2D eigenvalue weighted by molar-refractivity contribution is 0.0890. The molecule has 10 heavy (non-hydrogen) atoms. The first kappa shape index (κ1) is 5.52. The molecule has 0 aliphatic carbocycles. The quantitative estimate of drug-likeness (QED) is 0.383. The first-order valence-electron chi connectivity index (χ1n) is 4.04. The van der Waals surface area contributed by atoms with E-state index < -0.39 is 0 Å². The largest absolute Gasteiger partial charge is 0.314 e. The maximum Gasteiger partial charge on any atom is 0.0526 e. The summed E-state index contributed by atoms with van der Waals surface area (Å²) in [6, 6.07) is 0. The molecule has 0 saturated carbocycles. The van der Waals surface area contributed by atoms with E-state index in [4.69, 9.17) is 0 Å². The van der Waals surface area contributed by atoms with Crippen molar-refractivity contribution in [1.82, 2.24) is 16.0 Å². The van der Waals surface area contributed by atoms with Crippen molar-refractivity contribution in [2.75, 3.05) is 32.7 Å². The van der Waals surface area contributed by atoms with E-state index in [0.717, 1.165) is 0 Å². The summed E-state index contributed by atoms with van der Waals surface area (Å²) in [6.07, 6.45) is 0. The molecule has 56 valence electrons. The van der Waals surface area contributed by atoms with Crippen LogP contribution in [0.1, 0.15) is 0 Å². The zero-order valence-corrected chi connectivity index (χ0v) is 6.04. The molecule has 0 unspecified atom stereocenters. The van der Waals surface area contributed by atoms with Gasteiger partial charge in [0.05, 0.1) is 5.54 Å². The molecule has 0 aromatic rings. The van der Waals surface area contributed by atoms with Crippen molar-refractivity contribution < 1.29 is 0 Å². The third-order valence-corrected chi connectivity index (χ3v) is 3.56. The highest BCUT2D eigenvalue weighted by atomic mass is 15.3. The molecular weight excluding hydrogens is 126 g/mol. The van der Waals surface area contributed by atoms with Gasteiger partial charge in [-0.2, -0.15) is 0 Å². The minimum absolute atomic E-state index is 0.451. The zero-order valence-electron chi connectivity index (χ0n) is 6.04. The lowest BCUT2D eigenvalue weighted by Gasteiger charge is -2.50. The Morgan fingerprint density at radius 3 is 1.90 bits per heavy atom. The first-order chi connectivity index (χ1) is 4.87. The standard InChI is InChI=1S/C7H13N3/c1-6-2-9-5-7(6,4-8-1)10-3-6/h8-10H,1-5H2. The summed E-state index contributed by atoms with van der Waals surface area (Å²) in [6.45, 7) is 5.98. The van der Waals surface area contributed by atoms with Gasteiger partial charge in [-0.1, -0.05) is 0 Å². The molecule has 3 heteroatoms. The van der Waals surface area contributed by atoms with Gasteiger partial charge in [-0.3, -0.25) is 0 Å². The van der Waals surface area contributed by atoms with Crippen LogP contribution >= 0.6 is 0 Å². The van der Waals surface area contributed by atoms with Crippen LogP contribution in [0.2, 0.25) is 0 Å². The molecular formula is C7H13N3. The lowest BCUT2D eigenvalue weighted by atomic mass is 9.68. The average molecular weight is 139 g/mol. The molecule has 0 spiro atoms. The Balaban J connectivity index is 2.05. The Morgan fingerprint density at radius 2 is 1.50 bits per heavy atom. The minimum atomic E-state index is 0.451. The van der Waals surface area contributed by atoms with Gasteiger partial charge in [0.25, 0.3) is 0 Å². The van der Waals surface area contributed by atoms with Gasteiger partial charge in [-0.05, 0) is 0 Å². The van der Waals surface area contributed by atoms with Crippen molar-refractivity contribution >= 4 is 0 Å². The topological polar surface area (TPSA) is 36.1 Å². The summed E-state index contributed by atoms with van der Waals surface area (Å²) in [5.41, 5.74) is 1.04. The van der Waals surface area contributed by atoms with E-state index in [9.17, 15) is 0 Å². The molecule has 3 saturated heterocycles. The third kappa shape index (κ3) is 0.367. The lowest BCUT2D eigenvalue weighted by Crippen LogP contribution is -2.72. The van der Waals surface area contributed by atoms with Crippen LogP contribution in [-0.2, 0) is 0 Å². The minimum Gasteiger partial charge on any atom is -0.314 e. The van der Waals surface area contributed by atoms with Gasteiger partial charge in [-0.25, -0.2) is 0 Å². The summed E-state index contributed by atoms with van der Waals surface area (Å²) in [7, 11) is 0. The fourth-order valence-electron chi connectivity index (χ4n) is 2.71. The molecule has 0 aromatic heterocycles. The monoisotopic (exact) mass is 139 g/mol. The normalized spacial score (nSPS) is 57.6. The van der Waals surface area contributed by atoms with E-state index in [0.29, 0.717) is 11.0 Å². The highest BCUT2D eigenvalue weighted by Gasteiger charge is 2.64. The molecule has 3 aliphatic heterocycles. The molecule has 3 rings (SSSR count). The van der Waals surface area contributed by atoms with Crippen LogP contribution in [0.3, 0.4) is 0 Å². The van der Waals surface area contributed by atoms with Gasteiger partial charge < -0.3 is 16.0 Å². The van der Waals surface area contributed by atoms with Gasteiger partial charge in [0.2, 0.25) is 0 Å². The molecule has 3 fully saturated rings. The average Bonchev–Trinajstić information content (AvgIpc) is 2.16. The van der Waals surface area contributed by atoms with Gasteiger partial charge in [0.15, 0.2) is 0 Å². The molecule has 3 aliphatic rings. The maximum absolute atomic E-state index is 3.55. The third-order valence-electron chi connectivity index (χ3n) is 3.56. The van der Waals surface area contributed by atoms with E-state index in [1.54, 1.807) is 0 Å². The second kappa shape index (κ2) is 1.40. The molecule has 3 nitrogen and oxygen atoms in total. The van der Waals surface area contributed by atoms with Crippen molar-refractivity contribution in [2.24, 2.45) is 5.41 Å². The van der Waals surface area contributed by atoms with Crippen molar-refractivity contribution in [2.45, 2.75) is 5.54 Å². The van der Waals surface area contributed by atoms with E-state index in [1.807, 2.05) is 0 Å². The number of hydrogen-bond donors (Lipinski definition) is 3. The van der Waals surface area contributed by atoms with Crippen LogP contribution in [0.15, 0.2) is 0 Å². The van der Waals surface area contributed by atoms with Crippen LogP contribution in [0.4, 0.5) is 0 Å². The summed E-state index contributed by atoms with van der Waals surface area (Å²) >= 11 is 0. The highest BCUT2D eigenvalue weighted by molar-refractivity contribution is 5.25. The Labute approximate surface area is 60.6 Å². The smallest absolute Gasteiger partial charge is 0.0526 e. The maximum atomic E-state index is 3.55. The predicted molar refractivity (Wildman–Crippen MR) is 38.9 cm³/mol. The molecule has 0 amide bonds. The Morgan fingerprint density at radius 1 is 0.800 bits per heavy atom. The van der Waals surface area contributed by atoms with Crippen LogP contribution < -0.4 is 16.0 Å². The number of hydrogen-bond acceptors (Lipinski definition) is 3. The summed E-state index contributed by atoms with van der Waals surface area (Å²) in [5, 5.41) is 10.5. The van der Waals surface area contributed by atoms with Gasteiger partial charge in [0.1, 0.15) is 0 Å². The second-order valence-corrected chi connectivity index (χ2v) is 3.92. The molecule has 0 atom stereocenters. The zero-order chi connectivity index (χ0) is 6.66. The van der Waals surface area contributed by atoms with Gasteiger partial charge >= 0.3 is 0 Å². The fourth-order valence-corrected chi connectivity index (χ4v) is 2.71. The van der Waals surface area contributed by atoms with Crippen molar-refractivity contribution in [3.8, 4) is 0 Å². The van der Waals surface area contributed by atoms with E-state index in [2.05, 4.69) is 16.0 Å².